The van der Waals surface area contributed by atoms with Crippen molar-refractivity contribution >= 4 is 5.97 Å². The van der Waals surface area contributed by atoms with E-state index in [9.17, 15) is 9.90 Å². The maximum atomic E-state index is 11.3. The molecule has 3 atom stereocenters. The van der Waals surface area contributed by atoms with Crippen LogP contribution in [-0.2, 0) is 4.79 Å². The summed E-state index contributed by atoms with van der Waals surface area (Å²) in [5.41, 5.74) is 0. The quantitative estimate of drug-likeness (QED) is 0.427. The van der Waals surface area contributed by atoms with Gasteiger partial charge in [0, 0.05) is 0 Å². The van der Waals surface area contributed by atoms with Crippen molar-refractivity contribution in [3.8, 4) is 0 Å². The van der Waals surface area contributed by atoms with Crippen LogP contribution in [0.3, 0.4) is 0 Å². The standard InChI is InChI=1S/C18H36O2/c1-5-9-15(3)11-7-8-12-17(18(19)20)14-13-16(4)10-6-2/h15-17H,5-14H2,1-4H3,(H,19,20). The van der Waals surface area contributed by atoms with Crippen LogP contribution >= 0.6 is 0 Å². The van der Waals surface area contributed by atoms with Crippen molar-refractivity contribution in [3.63, 3.8) is 0 Å². The Labute approximate surface area is 126 Å². The Bertz CT molecular complexity index is 238. The van der Waals surface area contributed by atoms with Crippen molar-refractivity contribution in [3.05, 3.63) is 0 Å². The third-order valence-electron chi connectivity index (χ3n) is 4.42. The van der Waals surface area contributed by atoms with Crippen LogP contribution in [0.4, 0.5) is 0 Å². The fourth-order valence-corrected chi connectivity index (χ4v) is 3.03. The first kappa shape index (κ1) is 19.5. The van der Waals surface area contributed by atoms with Gasteiger partial charge in [-0.25, -0.2) is 0 Å². The molecule has 2 heteroatoms. The lowest BCUT2D eigenvalue weighted by Crippen LogP contribution is -2.15. The topological polar surface area (TPSA) is 37.3 Å². The van der Waals surface area contributed by atoms with Gasteiger partial charge in [-0.05, 0) is 31.1 Å². The number of carboxylic acid groups (broad SMARTS) is 1. The molecule has 2 nitrogen and oxygen atoms in total. The van der Waals surface area contributed by atoms with Crippen molar-refractivity contribution < 1.29 is 9.90 Å². The minimum Gasteiger partial charge on any atom is -0.481 e. The number of aliphatic carboxylic acids is 1. The first-order valence-corrected chi connectivity index (χ1v) is 8.73. The molecule has 0 heterocycles. The number of carboxylic acids is 1. The Hall–Kier alpha value is -0.530. The normalized spacial score (nSPS) is 15.8. The maximum absolute atomic E-state index is 11.3. The lowest BCUT2D eigenvalue weighted by atomic mass is 9.90. The van der Waals surface area contributed by atoms with Gasteiger partial charge in [0.15, 0.2) is 0 Å². The average molecular weight is 284 g/mol. The molecule has 120 valence electrons. The molecule has 0 aromatic rings. The second-order valence-electron chi connectivity index (χ2n) is 6.68. The molecule has 0 aliphatic carbocycles. The largest absolute Gasteiger partial charge is 0.481 e. The van der Waals surface area contributed by atoms with E-state index in [2.05, 4.69) is 27.7 Å². The second-order valence-corrected chi connectivity index (χ2v) is 6.68. The number of rotatable bonds is 13. The summed E-state index contributed by atoms with van der Waals surface area (Å²) in [5.74, 6) is 0.769. The van der Waals surface area contributed by atoms with Gasteiger partial charge in [0.05, 0.1) is 5.92 Å². The summed E-state index contributed by atoms with van der Waals surface area (Å²) < 4.78 is 0. The molecule has 0 amide bonds. The highest BCUT2D eigenvalue weighted by atomic mass is 16.4. The van der Waals surface area contributed by atoms with E-state index >= 15 is 0 Å². The first-order chi connectivity index (χ1) is 9.51. The smallest absolute Gasteiger partial charge is 0.306 e. The van der Waals surface area contributed by atoms with Crippen LogP contribution in [0.15, 0.2) is 0 Å². The van der Waals surface area contributed by atoms with Gasteiger partial charge in [-0.1, -0.05) is 72.6 Å². The predicted octanol–water partition coefficient (Wildman–Crippen LogP) is 5.90. The van der Waals surface area contributed by atoms with Crippen LogP contribution in [0.2, 0.25) is 0 Å². The molecular formula is C18H36O2. The maximum Gasteiger partial charge on any atom is 0.306 e. The highest BCUT2D eigenvalue weighted by molar-refractivity contribution is 5.69. The van der Waals surface area contributed by atoms with E-state index in [0.717, 1.165) is 31.6 Å². The molecule has 0 radical (unpaired) electrons. The molecule has 1 N–H and O–H groups in total. The number of hydrogen-bond acceptors (Lipinski definition) is 1. The molecule has 0 aliphatic heterocycles. The number of hydrogen-bond donors (Lipinski definition) is 1. The van der Waals surface area contributed by atoms with Crippen LogP contribution in [0.25, 0.3) is 0 Å². The molecule has 0 aromatic carbocycles. The lowest BCUT2D eigenvalue weighted by Gasteiger charge is -2.16. The molecular weight excluding hydrogens is 248 g/mol. The number of carbonyl (C=O) groups is 1. The zero-order chi connectivity index (χ0) is 15.4. The van der Waals surface area contributed by atoms with Crippen LogP contribution < -0.4 is 0 Å². The Morgan fingerprint density at radius 1 is 0.800 bits per heavy atom. The third kappa shape index (κ3) is 10.3. The fourth-order valence-electron chi connectivity index (χ4n) is 3.03. The van der Waals surface area contributed by atoms with E-state index < -0.39 is 5.97 Å². The third-order valence-corrected chi connectivity index (χ3v) is 4.42. The minimum atomic E-state index is -0.588. The monoisotopic (exact) mass is 284 g/mol. The van der Waals surface area contributed by atoms with E-state index in [0.29, 0.717) is 5.92 Å². The Morgan fingerprint density at radius 3 is 1.80 bits per heavy atom. The molecule has 3 unspecified atom stereocenters. The summed E-state index contributed by atoms with van der Waals surface area (Å²) in [6, 6.07) is 0. The molecule has 0 saturated heterocycles. The second kappa shape index (κ2) is 12.2. The fraction of sp³-hybridized carbons (Fsp3) is 0.944. The highest BCUT2D eigenvalue weighted by Gasteiger charge is 2.18. The van der Waals surface area contributed by atoms with Crippen molar-refractivity contribution in [2.45, 2.75) is 91.9 Å². The van der Waals surface area contributed by atoms with Gasteiger partial charge in [0.25, 0.3) is 0 Å². The van der Waals surface area contributed by atoms with Gasteiger partial charge in [-0.3, -0.25) is 4.79 Å². The predicted molar refractivity (Wildman–Crippen MR) is 87.0 cm³/mol. The van der Waals surface area contributed by atoms with E-state index in [1.807, 2.05) is 0 Å². The van der Waals surface area contributed by atoms with Gasteiger partial charge in [0.1, 0.15) is 0 Å². The Balaban J connectivity index is 3.83. The molecule has 0 bridgehead atoms. The van der Waals surface area contributed by atoms with E-state index in [-0.39, 0.29) is 5.92 Å². The summed E-state index contributed by atoms with van der Waals surface area (Å²) in [6.45, 7) is 8.98. The summed E-state index contributed by atoms with van der Waals surface area (Å²) in [7, 11) is 0. The lowest BCUT2D eigenvalue weighted by molar-refractivity contribution is -0.142. The summed E-state index contributed by atoms with van der Waals surface area (Å²) in [4.78, 5) is 11.3. The summed E-state index contributed by atoms with van der Waals surface area (Å²) in [5, 5.41) is 9.31. The molecule has 0 fully saturated rings. The molecule has 0 aliphatic rings. The highest BCUT2D eigenvalue weighted by Crippen LogP contribution is 2.22. The molecule has 0 saturated carbocycles. The van der Waals surface area contributed by atoms with Crippen LogP contribution in [0, 0.1) is 17.8 Å². The zero-order valence-corrected chi connectivity index (χ0v) is 14.2. The summed E-state index contributed by atoms with van der Waals surface area (Å²) in [6.07, 6.45) is 11.3. The number of unbranched alkanes of at least 4 members (excludes halogenated alkanes) is 1. The van der Waals surface area contributed by atoms with Crippen LogP contribution in [0.1, 0.15) is 91.9 Å². The molecule has 0 rings (SSSR count). The minimum absolute atomic E-state index is 0.115. The zero-order valence-electron chi connectivity index (χ0n) is 14.2. The molecule has 0 aromatic heterocycles. The van der Waals surface area contributed by atoms with Gasteiger partial charge in [-0.15, -0.1) is 0 Å². The molecule has 20 heavy (non-hydrogen) atoms. The van der Waals surface area contributed by atoms with Gasteiger partial charge < -0.3 is 5.11 Å². The van der Waals surface area contributed by atoms with Gasteiger partial charge in [-0.2, -0.15) is 0 Å². The Morgan fingerprint density at radius 2 is 1.30 bits per heavy atom. The average Bonchev–Trinajstić information content (AvgIpc) is 2.38. The van der Waals surface area contributed by atoms with E-state index in [1.165, 1.54) is 38.5 Å². The van der Waals surface area contributed by atoms with Gasteiger partial charge in [0.2, 0.25) is 0 Å². The SMILES string of the molecule is CCCC(C)CCCCC(CCC(C)CCC)C(=O)O. The van der Waals surface area contributed by atoms with Crippen LogP contribution in [0.5, 0.6) is 0 Å². The Kier molecular flexibility index (Phi) is 11.9. The molecule has 0 spiro atoms. The van der Waals surface area contributed by atoms with E-state index in [1.54, 1.807) is 0 Å². The van der Waals surface area contributed by atoms with Crippen molar-refractivity contribution in [1.29, 1.82) is 0 Å². The summed E-state index contributed by atoms with van der Waals surface area (Å²) >= 11 is 0. The first-order valence-electron chi connectivity index (χ1n) is 8.73. The van der Waals surface area contributed by atoms with Crippen molar-refractivity contribution in [1.82, 2.24) is 0 Å². The van der Waals surface area contributed by atoms with Crippen molar-refractivity contribution in [2.24, 2.45) is 17.8 Å². The van der Waals surface area contributed by atoms with E-state index in [4.69, 9.17) is 0 Å². The van der Waals surface area contributed by atoms with Gasteiger partial charge >= 0.3 is 5.97 Å². The van der Waals surface area contributed by atoms with Crippen molar-refractivity contribution in [2.75, 3.05) is 0 Å². The van der Waals surface area contributed by atoms with Crippen LogP contribution in [-0.4, -0.2) is 11.1 Å².